The van der Waals surface area contributed by atoms with Crippen LogP contribution < -0.4 is 10.6 Å². The molecule has 120 valence electrons. The Morgan fingerprint density at radius 2 is 1.95 bits per heavy atom. The highest BCUT2D eigenvalue weighted by Crippen LogP contribution is 2.26. The van der Waals surface area contributed by atoms with E-state index in [4.69, 9.17) is 0 Å². The van der Waals surface area contributed by atoms with E-state index in [2.05, 4.69) is 10.6 Å². The molecule has 1 aliphatic heterocycles. The summed E-state index contributed by atoms with van der Waals surface area (Å²) in [6, 6.07) is -0.401. The number of hydrogen-bond acceptors (Lipinski definition) is 3. The highest BCUT2D eigenvalue weighted by Gasteiger charge is 2.42. The Morgan fingerprint density at radius 3 is 2.43 bits per heavy atom. The van der Waals surface area contributed by atoms with Crippen molar-refractivity contribution in [2.24, 2.45) is 5.41 Å². The van der Waals surface area contributed by atoms with E-state index in [0.717, 1.165) is 0 Å². The minimum Gasteiger partial charge on any atom is -0.481 e. The van der Waals surface area contributed by atoms with E-state index in [1.54, 1.807) is 27.7 Å². The van der Waals surface area contributed by atoms with Crippen LogP contribution >= 0.6 is 0 Å². The lowest BCUT2D eigenvalue weighted by atomic mass is 9.82. The fourth-order valence-corrected chi connectivity index (χ4v) is 2.47. The van der Waals surface area contributed by atoms with Crippen LogP contribution in [-0.4, -0.2) is 53.1 Å². The smallest absolute Gasteiger partial charge is 0.318 e. The lowest BCUT2D eigenvalue weighted by Gasteiger charge is -2.41. The molecule has 0 aromatic carbocycles. The number of rotatable bonds is 5. The predicted molar refractivity (Wildman–Crippen MR) is 77.8 cm³/mol. The number of carbonyl (C=O) groups excluding carboxylic acids is 2. The number of urea groups is 1. The maximum Gasteiger partial charge on any atom is 0.318 e. The van der Waals surface area contributed by atoms with E-state index in [0.29, 0.717) is 25.9 Å². The summed E-state index contributed by atoms with van der Waals surface area (Å²) >= 11 is 0. The van der Waals surface area contributed by atoms with Gasteiger partial charge in [-0.2, -0.15) is 0 Å². The molecule has 1 heterocycles. The molecular formula is C14H25N3O4. The molecule has 21 heavy (non-hydrogen) atoms. The molecule has 7 nitrogen and oxygen atoms in total. The van der Waals surface area contributed by atoms with Crippen molar-refractivity contribution in [2.75, 3.05) is 19.6 Å². The van der Waals surface area contributed by atoms with Crippen LogP contribution in [0.3, 0.4) is 0 Å². The first-order chi connectivity index (χ1) is 9.71. The number of carboxylic acid groups (broad SMARTS) is 1. The number of carbonyl (C=O) groups is 3. The Hall–Kier alpha value is -1.79. The number of nitrogens with zero attached hydrogens (tertiary/aromatic N) is 1. The average molecular weight is 299 g/mol. The second-order valence-corrected chi connectivity index (χ2v) is 5.92. The van der Waals surface area contributed by atoms with Crippen LogP contribution in [-0.2, 0) is 9.59 Å². The SMILES string of the molecule is CCC(CC)(CNC(=O)N1CCNC(=O)C1(C)C)C(=O)O. The van der Waals surface area contributed by atoms with Gasteiger partial charge in [0.05, 0.1) is 5.41 Å². The standard InChI is InChI=1S/C14H25N3O4/c1-5-14(6-2,11(19)20)9-16-12(21)17-8-7-15-10(18)13(17,3)4/h5-9H2,1-4H3,(H,15,18)(H,16,21)(H,19,20). The van der Waals surface area contributed by atoms with Crippen LogP contribution in [0, 0.1) is 5.41 Å². The number of carboxylic acids is 1. The van der Waals surface area contributed by atoms with E-state index in [9.17, 15) is 19.5 Å². The zero-order valence-electron chi connectivity index (χ0n) is 13.2. The largest absolute Gasteiger partial charge is 0.481 e. The minimum atomic E-state index is -0.960. The second kappa shape index (κ2) is 6.32. The molecule has 0 saturated carbocycles. The molecule has 0 aromatic heterocycles. The van der Waals surface area contributed by atoms with Gasteiger partial charge < -0.3 is 20.6 Å². The first-order valence-electron chi connectivity index (χ1n) is 7.28. The highest BCUT2D eigenvalue weighted by molar-refractivity contribution is 5.91. The lowest BCUT2D eigenvalue weighted by molar-refractivity contribution is -0.149. The Labute approximate surface area is 125 Å². The summed E-state index contributed by atoms with van der Waals surface area (Å²) in [5.41, 5.74) is -1.90. The third kappa shape index (κ3) is 3.28. The fraction of sp³-hybridized carbons (Fsp3) is 0.786. The zero-order valence-corrected chi connectivity index (χ0v) is 13.2. The third-order valence-electron chi connectivity index (χ3n) is 4.48. The molecule has 3 N–H and O–H groups in total. The molecular weight excluding hydrogens is 274 g/mol. The van der Waals surface area contributed by atoms with Crippen molar-refractivity contribution in [3.63, 3.8) is 0 Å². The monoisotopic (exact) mass is 299 g/mol. The molecule has 1 fully saturated rings. The van der Waals surface area contributed by atoms with E-state index in [1.165, 1.54) is 4.90 Å². The van der Waals surface area contributed by atoms with Gasteiger partial charge in [-0.25, -0.2) is 4.79 Å². The van der Waals surface area contributed by atoms with Gasteiger partial charge in [0, 0.05) is 19.6 Å². The van der Waals surface area contributed by atoms with Crippen molar-refractivity contribution >= 4 is 17.9 Å². The summed E-state index contributed by atoms with van der Waals surface area (Å²) in [6.07, 6.45) is 0.867. The summed E-state index contributed by atoms with van der Waals surface area (Å²) in [7, 11) is 0. The molecule has 1 rings (SSSR count). The topological polar surface area (TPSA) is 98.7 Å². The number of nitrogens with one attached hydrogen (secondary N) is 2. The molecule has 0 radical (unpaired) electrons. The molecule has 0 aromatic rings. The quantitative estimate of drug-likeness (QED) is 0.699. The van der Waals surface area contributed by atoms with Gasteiger partial charge in [-0.05, 0) is 26.7 Å². The Bertz CT molecular complexity index is 430. The molecule has 0 bridgehead atoms. The second-order valence-electron chi connectivity index (χ2n) is 5.92. The van der Waals surface area contributed by atoms with Crippen LogP contribution in [0.1, 0.15) is 40.5 Å². The maximum atomic E-state index is 12.3. The van der Waals surface area contributed by atoms with Gasteiger partial charge in [0.2, 0.25) is 5.91 Å². The number of aliphatic carboxylic acids is 1. The van der Waals surface area contributed by atoms with Crippen molar-refractivity contribution in [3.05, 3.63) is 0 Å². The van der Waals surface area contributed by atoms with Crippen molar-refractivity contribution in [2.45, 2.75) is 46.1 Å². The van der Waals surface area contributed by atoms with Gasteiger partial charge >= 0.3 is 12.0 Å². The minimum absolute atomic E-state index is 0.0579. The van der Waals surface area contributed by atoms with E-state index in [-0.39, 0.29) is 12.5 Å². The molecule has 0 aliphatic carbocycles. The van der Waals surface area contributed by atoms with Crippen LogP contribution in [0.4, 0.5) is 4.79 Å². The maximum absolute atomic E-state index is 12.3. The summed E-state index contributed by atoms with van der Waals surface area (Å²) in [5.74, 6) is -1.12. The Kier molecular flexibility index (Phi) is 5.20. The average Bonchev–Trinajstić information content (AvgIpc) is 2.43. The molecule has 1 aliphatic rings. The summed E-state index contributed by atoms with van der Waals surface area (Å²) < 4.78 is 0. The van der Waals surface area contributed by atoms with Crippen molar-refractivity contribution in [1.29, 1.82) is 0 Å². The van der Waals surface area contributed by atoms with Gasteiger partial charge in [-0.1, -0.05) is 13.8 Å². The lowest BCUT2D eigenvalue weighted by Crippen LogP contribution is -2.65. The predicted octanol–water partition coefficient (Wildman–Crippen LogP) is 0.797. The van der Waals surface area contributed by atoms with Gasteiger partial charge in [-0.3, -0.25) is 9.59 Å². The molecule has 3 amide bonds. The van der Waals surface area contributed by atoms with Crippen molar-refractivity contribution in [1.82, 2.24) is 15.5 Å². The van der Waals surface area contributed by atoms with E-state index >= 15 is 0 Å². The van der Waals surface area contributed by atoms with Crippen molar-refractivity contribution in [3.8, 4) is 0 Å². The normalized spacial score (nSPS) is 18.1. The number of amides is 3. The van der Waals surface area contributed by atoms with E-state index < -0.39 is 23.0 Å². The van der Waals surface area contributed by atoms with Crippen LogP contribution in [0.5, 0.6) is 0 Å². The van der Waals surface area contributed by atoms with Gasteiger partial charge in [0.15, 0.2) is 0 Å². The first-order valence-corrected chi connectivity index (χ1v) is 7.28. The van der Waals surface area contributed by atoms with Gasteiger partial charge in [-0.15, -0.1) is 0 Å². The summed E-state index contributed by atoms with van der Waals surface area (Å²) in [4.78, 5) is 37.0. The van der Waals surface area contributed by atoms with Gasteiger partial charge in [0.1, 0.15) is 5.54 Å². The fourth-order valence-electron chi connectivity index (χ4n) is 2.47. The zero-order chi connectivity index (χ0) is 16.3. The Morgan fingerprint density at radius 1 is 1.38 bits per heavy atom. The van der Waals surface area contributed by atoms with Crippen LogP contribution in [0.25, 0.3) is 0 Å². The highest BCUT2D eigenvalue weighted by atomic mass is 16.4. The van der Waals surface area contributed by atoms with Crippen molar-refractivity contribution < 1.29 is 19.5 Å². The molecule has 1 saturated heterocycles. The van der Waals surface area contributed by atoms with Gasteiger partial charge in [0.25, 0.3) is 0 Å². The van der Waals surface area contributed by atoms with Crippen LogP contribution in [0.15, 0.2) is 0 Å². The number of piperazine rings is 1. The van der Waals surface area contributed by atoms with Crippen LogP contribution in [0.2, 0.25) is 0 Å². The third-order valence-corrected chi connectivity index (χ3v) is 4.48. The molecule has 0 unspecified atom stereocenters. The number of hydrogen-bond donors (Lipinski definition) is 3. The summed E-state index contributed by atoms with van der Waals surface area (Å²) in [6.45, 7) is 7.80. The van der Waals surface area contributed by atoms with E-state index in [1.807, 2.05) is 0 Å². The molecule has 7 heteroatoms. The Balaban J connectivity index is 2.77. The summed E-state index contributed by atoms with van der Waals surface area (Å²) in [5, 5.41) is 14.8. The molecule has 0 spiro atoms. The molecule has 0 atom stereocenters. The first kappa shape index (κ1) is 17.3.